The molecule has 10 heteroatoms. The lowest BCUT2D eigenvalue weighted by Crippen LogP contribution is -2.59. The molecule has 0 saturated carbocycles. The maximum atomic E-state index is 12.5. The van der Waals surface area contributed by atoms with Crippen LogP contribution >= 0.6 is 0 Å². The summed E-state index contributed by atoms with van der Waals surface area (Å²) in [6.45, 7) is 0.987. The summed E-state index contributed by atoms with van der Waals surface area (Å²) in [5.41, 5.74) is -0.940. The van der Waals surface area contributed by atoms with Gasteiger partial charge in [0, 0.05) is 30.8 Å². The van der Waals surface area contributed by atoms with E-state index >= 15 is 0 Å². The molecule has 0 spiro atoms. The van der Waals surface area contributed by atoms with E-state index in [0.29, 0.717) is 13.1 Å². The summed E-state index contributed by atoms with van der Waals surface area (Å²) < 4.78 is 23.8. The Kier molecular flexibility index (Phi) is 3.88. The van der Waals surface area contributed by atoms with Gasteiger partial charge in [0.05, 0.1) is 24.0 Å². The number of nitrogens with zero attached hydrogens (tertiary/aromatic N) is 2. The predicted octanol–water partition coefficient (Wildman–Crippen LogP) is -2.45. The third kappa shape index (κ3) is 3.08. The molecule has 2 aliphatic rings. The average Bonchev–Trinajstić information content (AvgIpc) is 2.79. The predicted molar refractivity (Wildman–Crippen MR) is 82.0 cm³/mol. The number of carbonyl (C=O) groups is 1. The Morgan fingerprint density at radius 2 is 1.91 bits per heavy atom. The van der Waals surface area contributed by atoms with Crippen molar-refractivity contribution < 1.29 is 13.2 Å². The number of nitrogens with one attached hydrogen (secondary N) is 2. The van der Waals surface area contributed by atoms with E-state index in [1.165, 1.54) is 4.90 Å². The molecule has 1 aromatic heterocycles. The summed E-state index contributed by atoms with van der Waals surface area (Å²) in [5, 5.41) is 4.32. The zero-order chi connectivity index (χ0) is 16.8. The Hall–Kier alpha value is -1.94. The van der Waals surface area contributed by atoms with Gasteiger partial charge in [-0.3, -0.25) is 29.5 Å². The molecule has 2 fully saturated rings. The smallest absolute Gasteiger partial charge is 0.266 e. The molecule has 0 radical (unpaired) electrons. The van der Waals surface area contributed by atoms with Crippen molar-refractivity contribution in [3.05, 3.63) is 32.3 Å². The number of aromatic nitrogens is 2. The molecule has 3 rings (SSSR count). The minimum absolute atomic E-state index is 0.0452. The Morgan fingerprint density at radius 3 is 2.65 bits per heavy atom. The second-order valence-electron chi connectivity index (χ2n) is 6.07. The van der Waals surface area contributed by atoms with Crippen LogP contribution in [0.2, 0.25) is 0 Å². The van der Waals surface area contributed by atoms with E-state index in [1.54, 1.807) is 0 Å². The number of hydrogen-bond donors (Lipinski definition) is 2. The zero-order valence-corrected chi connectivity index (χ0v) is 13.4. The van der Waals surface area contributed by atoms with Gasteiger partial charge in [-0.15, -0.1) is 0 Å². The quantitative estimate of drug-likeness (QED) is 0.615. The molecule has 0 aromatic carbocycles. The highest BCUT2D eigenvalue weighted by molar-refractivity contribution is 7.91. The number of fused-ring (bicyclic) bond motifs is 1. The molecule has 3 heterocycles. The average molecular weight is 342 g/mol. The van der Waals surface area contributed by atoms with Crippen LogP contribution < -0.4 is 11.1 Å². The molecule has 1 amide bonds. The van der Waals surface area contributed by atoms with Crippen molar-refractivity contribution in [2.75, 3.05) is 31.6 Å². The molecule has 2 N–H and O–H groups in total. The molecular formula is C13H18N4O5S. The lowest BCUT2D eigenvalue weighted by molar-refractivity contribution is -0.135. The molecule has 2 aliphatic heterocycles. The number of likely N-dealkylation sites (N-methyl/N-ethyl adjacent to an activating group) is 1. The second-order valence-corrected chi connectivity index (χ2v) is 8.22. The fraction of sp³-hybridized carbons (Fsp3) is 0.615. The summed E-state index contributed by atoms with van der Waals surface area (Å²) in [7, 11) is -1.33. The van der Waals surface area contributed by atoms with E-state index < -0.39 is 27.0 Å². The molecule has 2 atom stereocenters. The molecule has 0 aliphatic carbocycles. The van der Waals surface area contributed by atoms with Crippen molar-refractivity contribution >= 4 is 15.7 Å². The SMILES string of the molecule is CN1CCN(C(=O)Cc2cc(=O)[nH][nH]c2=O)[C@H]2CS(=O)(=O)C[C@H]21. The Labute approximate surface area is 132 Å². The van der Waals surface area contributed by atoms with Gasteiger partial charge < -0.3 is 4.90 Å². The van der Waals surface area contributed by atoms with E-state index in [2.05, 4.69) is 10.2 Å². The molecule has 0 unspecified atom stereocenters. The third-order valence-corrected chi connectivity index (χ3v) is 6.21. The van der Waals surface area contributed by atoms with Gasteiger partial charge in [-0.1, -0.05) is 0 Å². The van der Waals surface area contributed by atoms with Gasteiger partial charge in [0.1, 0.15) is 0 Å². The van der Waals surface area contributed by atoms with Crippen LogP contribution in [0.1, 0.15) is 5.56 Å². The number of H-pyrrole nitrogens is 2. The summed E-state index contributed by atoms with van der Waals surface area (Å²) in [4.78, 5) is 39.0. The van der Waals surface area contributed by atoms with E-state index in [1.807, 2.05) is 11.9 Å². The van der Waals surface area contributed by atoms with E-state index in [-0.39, 0.29) is 35.4 Å². The lowest BCUT2D eigenvalue weighted by atomic mass is 10.0. The maximum Gasteiger partial charge on any atom is 0.266 e. The van der Waals surface area contributed by atoms with Crippen molar-refractivity contribution in [1.29, 1.82) is 0 Å². The number of hydrogen-bond acceptors (Lipinski definition) is 6. The van der Waals surface area contributed by atoms with Crippen LogP contribution in [0.25, 0.3) is 0 Å². The van der Waals surface area contributed by atoms with Crippen molar-refractivity contribution in [2.24, 2.45) is 0 Å². The topological polar surface area (TPSA) is 123 Å². The molecule has 0 bridgehead atoms. The minimum atomic E-state index is -3.17. The zero-order valence-electron chi connectivity index (χ0n) is 12.6. The summed E-state index contributed by atoms with van der Waals surface area (Å²) in [6, 6.07) is 0.484. The largest absolute Gasteiger partial charge is 0.336 e. The second kappa shape index (κ2) is 5.60. The van der Waals surface area contributed by atoms with Crippen molar-refractivity contribution in [1.82, 2.24) is 20.0 Å². The summed E-state index contributed by atoms with van der Waals surface area (Å²) in [6.07, 6.45) is -0.216. The number of sulfone groups is 1. The molecular weight excluding hydrogens is 324 g/mol. The fourth-order valence-electron chi connectivity index (χ4n) is 3.29. The Bertz CT molecular complexity index is 842. The Balaban J connectivity index is 1.83. The van der Waals surface area contributed by atoms with Gasteiger partial charge in [0.2, 0.25) is 5.91 Å². The van der Waals surface area contributed by atoms with E-state index in [9.17, 15) is 22.8 Å². The fourth-order valence-corrected chi connectivity index (χ4v) is 5.35. The highest BCUT2D eigenvalue weighted by Crippen LogP contribution is 2.26. The van der Waals surface area contributed by atoms with Gasteiger partial charge in [-0.2, -0.15) is 0 Å². The number of amides is 1. The van der Waals surface area contributed by atoms with Crippen LogP contribution in [-0.4, -0.2) is 78.0 Å². The van der Waals surface area contributed by atoms with Crippen molar-refractivity contribution in [2.45, 2.75) is 18.5 Å². The van der Waals surface area contributed by atoms with Crippen LogP contribution in [0, 0.1) is 0 Å². The summed E-state index contributed by atoms with van der Waals surface area (Å²) >= 11 is 0. The van der Waals surface area contributed by atoms with Crippen LogP contribution in [0.15, 0.2) is 15.7 Å². The molecule has 23 heavy (non-hydrogen) atoms. The number of carbonyl (C=O) groups excluding carboxylic acids is 1. The lowest BCUT2D eigenvalue weighted by Gasteiger charge is -2.42. The monoisotopic (exact) mass is 342 g/mol. The first-order chi connectivity index (χ1) is 10.8. The highest BCUT2D eigenvalue weighted by Gasteiger charge is 2.46. The maximum absolute atomic E-state index is 12.5. The van der Waals surface area contributed by atoms with Crippen molar-refractivity contribution in [3.8, 4) is 0 Å². The van der Waals surface area contributed by atoms with Crippen molar-refractivity contribution in [3.63, 3.8) is 0 Å². The highest BCUT2D eigenvalue weighted by atomic mass is 32.2. The van der Waals surface area contributed by atoms with Crippen LogP contribution in [0.3, 0.4) is 0 Å². The number of aromatic amines is 2. The third-order valence-electron chi connectivity index (χ3n) is 4.51. The first-order valence-electron chi connectivity index (χ1n) is 7.28. The van der Waals surface area contributed by atoms with Gasteiger partial charge in [0.25, 0.3) is 11.1 Å². The summed E-state index contributed by atoms with van der Waals surface area (Å²) in [5.74, 6) is -0.343. The first kappa shape index (κ1) is 15.9. The van der Waals surface area contributed by atoms with Crippen LogP contribution in [-0.2, 0) is 21.1 Å². The number of piperazine rings is 1. The minimum Gasteiger partial charge on any atom is -0.336 e. The van der Waals surface area contributed by atoms with Gasteiger partial charge >= 0.3 is 0 Å². The standard InChI is InChI=1S/C13H18N4O5S/c1-16-2-3-17(10-7-23(21,22)6-9(10)16)12(19)5-8-4-11(18)14-15-13(8)20/h4,9-10H,2-3,5-7H2,1H3,(H,14,18)(H,15,20)/t9-,10+/m1/s1. The molecule has 9 nitrogen and oxygen atoms in total. The van der Waals surface area contributed by atoms with Crippen LogP contribution in [0.4, 0.5) is 0 Å². The molecule has 2 saturated heterocycles. The molecule has 126 valence electrons. The number of rotatable bonds is 2. The van der Waals surface area contributed by atoms with Crippen LogP contribution in [0.5, 0.6) is 0 Å². The van der Waals surface area contributed by atoms with Gasteiger partial charge in [-0.25, -0.2) is 8.42 Å². The first-order valence-corrected chi connectivity index (χ1v) is 9.10. The normalized spacial score (nSPS) is 26.9. The van der Waals surface area contributed by atoms with Gasteiger partial charge in [-0.05, 0) is 7.05 Å². The Morgan fingerprint density at radius 1 is 1.22 bits per heavy atom. The van der Waals surface area contributed by atoms with Gasteiger partial charge in [0.15, 0.2) is 9.84 Å². The van der Waals surface area contributed by atoms with E-state index in [0.717, 1.165) is 6.07 Å². The molecule has 1 aromatic rings. The van der Waals surface area contributed by atoms with E-state index in [4.69, 9.17) is 0 Å².